The van der Waals surface area contributed by atoms with Crippen LogP contribution in [0.3, 0.4) is 0 Å². The van der Waals surface area contributed by atoms with Crippen molar-refractivity contribution >= 4 is 38.4 Å². The smallest absolute Gasteiger partial charge is 0.277 e. The number of nitrogens with zero attached hydrogens (tertiary/aromatic N) is 2. The highest BCUT2D eigenvalue weighted by molar-refractivity contribution is 7.90. The first-order chi connectivity index (χ1) is 17.4. The van der Waals surface area contributed by atoms with Crippen molar-refractivity contribution < 1.29 is 35.5 Å². The van der Waals surface area contributed by atoms with Gasteiger partial charge in [-0.3, -0.25) is 9.78 Å². The van der Waals surface area contributed by atoms with Gasteiger partial charge < -0.3 is 10.1 Å². The van der Waals surface area contributed by atoms with Gasteiger partial charge in [-0.1, -0.05) is 6.07 Å². The first-order valence-electron chi connectivity index (χ1n) is 11.9. The highest BCUT2D eigenvalue weighted by Gasteiger charge is 2.60. The molecule has 2 fully saturated rings. The Morgan fingerprint density at radius 1 is 1.22 bits per heavy atom. The Bertz CT molecular complexity index is 1390. The Balaban J connectivity index is 1.51. The number of sulfone groups is 1. The summed E-state index contributed by atoms with van der Waals surface area (Å²) in [5.41, 5.74) is 1.02. The van der Waals surface area contributed by atoms with E-state index in [1.807, 2.05) is 0 Å². The van der Waals surface area contributed by atoms with E-state index >= 15 is 0 Å². The summed E-state index contributed by atoms with van der Waals surface area (Å²) < 4.78 is 84.7. The molecule has 0 bridgehead atoms. The molecule has 5 rings (SSSR count). The number of ether oxygens (including phenoxy) is 1. The fourth-order valence-corrected chi connectivity index (χ4v) is 5.59. The molecule has 1 saturated carbocycles. The summed E-state index contributed by atoms with van der Waals surface area (Å²) in [6, 6.07) is 6.21. The number of aromatic nitrogens is 1. The summed E-state index contributed by atoms with van der Waals surface area (Å²) in [7, 11) is -3.73. The van der Waals surface area contributed by atoms with Gasteiger partial charge >= 0.3 is 0 Å². The minimum Gasteiger partial charge on any atom is -0.374 e. The van der Waals surface area contributed by atoms with Crippen molar-refractivity contribution in [2.24, 2.45) is 10.9 Å². The third-order valence-electron chi connectivity index (χ3n) is 6.77. The third kappa shape index (κ3) is 5.40. The molecule has 1 aromatic heterocycles. The standard InChI is InChI=1S/C25H25F4N3O4S/c1-37(34,35)22-8-13(21-4-2-3-7-36-21)5-6-16(22)31-17-9-14(10-20(33)15-12-25(15,28)29)30-18-11-19(24(26)27)32-23(17)18/h5-6,8-9,15,21,24H,2-4,7,10-12H2,1H3,(H,30,31)/t15-,21-/m1/s1. The van der Waals surface area contributed by atoms with Crippen LogP contribution in [0.2, 0.25) is 0 Å². The number of halogens is 4. The fourth-order valence-electron chi connectivity index (χ4n) is 4.73. The molecule has 0 unspecified atom stereocenters. The van der Waals surface area contributed by atoms with Crippen LogP contribution in [-0.2, 0) is 32.2 Å². The zero-order valence-corrected chi connectivity index (χ0v) is 20.8. The zero-order chi connectivity index (χ0) is 26.5. The number of anilines is 2. The molecule has 1 N–H and O–H groups in total. The second kappa shape index (κ2) is 9.46. The molecule has 1 aliphatic carbocycles. The van der Waals surface area contributed by atoms with Crippen LogP contribution in [0.4, 0.5) is 34.6 Å². The van der Waals surface area contributed by atoms with Gasteiger partial charge in [-0.25, -0.2) is 31.0 Å². The summed E-state index contributed by atoms with van der Waals surface area (Å²) >= 11 is 0. The highest BCUT2D eigenvalue weighted by atomic mass is 32.2. The van der Waals surface area contributed by atoms with E-state index in [1.54, 1.807) is 12.1 Å². The molecule has 3 heterocycles. The molecule has 198 valence electrons. The van der Waals surface area contributed by atoms with E-state index in [0.717, 1.165) is 25.5 Å². The third-order valence-corrected chi connectivity index (χ3v) is 7.91. The maximum absolute atomic E-state index is 13.4. The Hall–Kier alpha value is -2.86. The van der Waals surface area contributed by atoms with Crippen molar-refractivity contribution in [3.63, 3.8) is 0 Å². The maximum atomic E-state index is 13.4. The number of carbonyl (C=O) groups is 1. The molecule has 12 heteroatoms. The first kappa shape index (κ1) is 25.8. The molecule has 2 atom stereocenters. The van der Waals surface area contributed by atoms with E-state index < -0.39 is 52.4 Å². The average Bonchev–Trinajstić information content (AvgIpc) is 3.27. The molecular formula is C25H25F4N3O4S. The first-order valence-corrected chi connectivity index (χ1v) is 13.8. The monoisotopic (exact) mass is 539 g/mol. The van der Waals surface area contributed by atoms with Crippen LogP contribution in [0, 0.1) is 5.92 Å². The molecule has 0 amide bonds. The summed E-state index contributed by atoms with van der Waals surface area (Å²) in [6.07, 6.45) is -0.533. The van der Waals surface area contributed by atoms with Gasteiger partial charge in [0.15, 0.2) is 9.84 Å². The number of Topliss-reactive ketones (excluding diaryl/α,β-unsaturated/α-hetero) is 1. The molecular weight excluding hydrogens is 514 g/mol. The van der Waals surface area contributed by atoms with Gasteiger partial charge in [0.05, 0.1) is 45.4 Å². The predicted octanol–water partition coefficient (Wildman–Crippen LogP) is 5.13. The van der Waals surface area contributed by atoms with E-state index in [-0.39, 0.29) is 45.9 Å². The predicted molar refractivity (Wildman–Crippen MR) is 128 cm³/mol. The molecule has 37 heavy (non-hydrogen) atoms. The van der Waals surface area contributed by atoms with E-state index in [4.69, 9.17) is 4.74 Å². The summed E-state index contributed by atoms with van der Waals surface area (Å²) in [5.74, 6) is -5.10. The fraction of sp³-hybridized carbons (Fsp3) is 0.480. The normalized spacial score (nSPS) is 22.5. The average molecular weight is 540 g/mol. The summed E-state index contributed by atoms with van der Waals surface area (Å²) in [5, 5.41) is 2.97. The SMILES string of the molecule is CS(=O)(=O)c1cc([C@H]2CCCCO2)ccc1Nc1cc(CC(=O)[C@H]2CC2(F)F)nc2c1N=C(C(F)F)C2. The summed E-state index contributed by atoms with van der Waals surface area (Å²) in [6.45, 7) is 0.584. The van der Waals surface area contributed by atoms with Gasteiger partial charge in [0.1, 0.15) is 11.5 Å². The summed E-state index contributed by atoms with van der Waals surface area (Å²) in [4.78, 5) is 20.5. The van der Waals surface area contributed by atoms with Crippen LogP contribution in [0.25, 0.3) is 0 Å². The number of fused-ring (bicyclic) bond motifs is 1. The van der Waals surface area contributed by atoms with E-state index in [9.17, 15) is 30.8 Å². The lowest BCUT2D eigenvalue weighted by molar-refractivity contribution is -0.121. The molecule has 1 saturated heterocycles. The van der Waals surface area contributed by atoms with E-state index in [2.05, 4.69) is 15.3 Å². The van der Waals surface area contributed by atoms with Crippen molar-refractivity contribution in [2.75, 3.05) is 18.2 Å². The highest BCUT2D eigenvalue weighted by Crippen LogP contribution is 2.49. The zero-order valence-electron chi connectivity index (χ0n) is 19.9. The number of hydrogen-bond donors (Lipinski definition) is 1. The van der Waals surface area contributed by atoms with Crippen LogP contribution in [-0.4, -0.2) is 50.1 Å². The minimum absolute atomic E-state index is 0.0176. The Morgan fingerprint density at radius 2 is 1.97 bits per heavy atom. The number of rotatable bonds is 8. The largest absolute Gasteiger partial charge is 0.374 e. The van der Waals surface area contributed by atoms with Crippen LogP contribution >= 0.6 is 0 Å². The number of nitrogens with one attached hydrogen (secondary N) is 1. The lowest BCUT2D eigenvalue weighted by Crippen LogP contribution is -2.14. The molecule has 0 radical (unpaired) electrons. The second-order valence-electron chi connectivity index (χ2n) is 9.71. The number of alkyl halides is 4. The van der Waals surface area contributed by atoms with Crippen LogP contribution < -0.4 is 5.32 Å². The van der Waals surface area contributed by atoms with Crippen molar-refractivity contribution in [1.82, 2.24) is 4.98 Å². The van der Waals surface area contributed by atoms with Gasteiger partial charge in [0.2, 0.25) is 0 Å². The van der Waals surface area contributed by atoms with Gasteiger partial charge in [-0.15, -0.1) is 0 Å². The molecule has 0 spiro atoms. The topological polar surface area (TPSA) is 97.7 Å². The van der Waals surface area contributed by atoms with Crippen molar-refractivity contribution in [3.05, 3.63) is 41.2 Å². The second-order valence-corrected chi connectivity index (χ2v) is 11.7. The Labute approximate surface area is 211 Å². The lowest BCUT2D eigenvalue weighted by atomic mass is 10.0. The van der Waals surface area contributed by atoms with Crippen LogP contribution in [0.5, 0.6) is 0 Å². The van der Waals surface area contributed by atoms with Gasteiger partial charge in [-0.05, 0) is 43.0 Å². The number of carbonyl (C=O) groups excluding carboxylic acids is 1. The Morgan fingerprint density at radius 3 is 2.59 bits per heavy atom. The molecule has 1 aromatic carbocycles. The van der Waals surface area contributed by atoms with Crippen LogP contribution in [0.1, 0.15) is 48.7 Å². The molecule has 2 aliphatic heterocycles. The lowest BCUT2D eigenvalue weighted by Gasteiger charge is -2.24. The van der Waals surface area contributed by atoms with Gasteiger partial charge in [-0.2, -0.15) is 0 Å². The Kier molecular flexibility index (Phi) is 6.59. The number of benzene rings is 1. The minimum atomic E-state index is -3.73. The maximum Gasteiger partial charge on any atom is 0.277 e. The van der Waals surface area contributed by atoms with Crippen molar-refractivity contribution in [3.8, 4) is 0 Å². The van der Waals surface area contributed by atoms with Crippen molar-refractivity contribution in [2.45, 2.75) is 61.9 Å². The number of aliphatic imine (C=N–C) groups is 1. The van der Waals surface area contributed by atoms with Crippen LogP contribution in [0.15, 0.2) is 34.2 Å². The number of hydrogen-bond acceptors (Lipinski definition) is 7. The van der Waals surface area contributed by atoms with E-state index in [0.29, 0.717) is 12.2 Å². The molecule has 3 aliphatic rings. The van der Waals surface area contributed by atoms with E-state index in [1.165, 1.54) is 12.1 Å². The molecule has 7 nitrogen and oxygen atoms in total. The van der Waals surface area contributed by atoms with Gasteiger partial charge in [0, 0.05) is 32.1 Å². The van der Waals surface area contributed by atoms with Gasteiger partial charge in [0.25, 0.3) is 12.3 Å². The molecule has 2 aromatic rings. The quantitative estimate of drug-likeness (QED) is 0.467. The number of pyridine rings is 1. The van der Waals surface area contributed by atoms with Crippen molar-refractivity contribution in [1.29, 1.82) is 0 Å². The number of ketones is 1.